The van der Waals surface area contributed by atoms with Gasteiger partial charge in [-0.05, 0) is 5.56 Å². The largest absolute Gasteiger partial charge is 0.396 e. The Morgan fingerprint density at radius 3 is 2.79 bits per heavy atom. The van der Waals surface area contributed by atoms with E-state index in [1.54, 1.807) is 6.07 Å². The molecular formula is C9H11NO4. The lowest BCUT2D eigenvalue weighted by Crippen LogP contribution is -2.00. The van der Waals surface area contributed by atoms with E-state index in [0.29, 0.717) is 5.56 Å². The number of nitro benzene ring substituents is 1. The van der Waals surface area contributed by atoms with Crippen LogP contribution in [0.1, 0.15) is 18.1 Å². The summed E-state index contributed by atoms with van der Waals surface area (Å²) in [4.78, 5) is 9.89. The second-order valence-corrected chi connectivity index (χ2v) is 2.88. The van der Waals surface area contributed by atoms with Crippen LogP contribution in [0.15, 0.2) is 24.3 Å². The van der Waals surface area contributed by atoms with Crippen molar-refractivity contribution >= 4 is 5.69 Å². The number of hydrogen-bond acceptors (Lipinski definition) is 4. The third-order valence-corrected chi connectivity index (χ3v) is 1.87. The van der Waals surface area contributed by atoms with Crippen molar-refractivity contribution in [2.45, 2.75) is 12.5 Å². The first-order chi connectivity index (χ1) is 6.65. The smallest absolute Gasteiger partial charge is 0.269 e. The molecule has 0 aliphatic rings. The Morgan fingerprint density at radius 1 is 1.50 bits per heavy atom. The Morgan fingerprint density at radius 2 is 2.21 bits per heavy atom. The maximum Gasteiger partial charge on any atom is 0.269 e. The van der Waals surface area contributed by atoms with Crippen molar-refractivity contribution < 1.29 is 15.1 Å². The molecule has 76 valence electrons. The number of rotatable bonds is 4. The van der Waals surface area contributed by atoms with Gasteiger partial charge >= 0.3 is 0 Å². The summed E-state index contributed by atoms with van der Waals surface area (Å²) in [6.45, 7) is -0.149. The summed E-state index contributed by atoms with van der Waals surface area (Å²) in [7, 11) is 0. The van der Waals surface area contributed by atoms with E-state index in [1.807, 2.05) is 0 Å². The summed E-state index contributed by atoms with van der Waals surface area (Å²) < 4.78 is 0. The molecule has 1 rings (SSSR count). The van der Waals surface area contributed by atoms with Crippen LogP contribution in [0.5, 0.6) is 0 Å². The highest BCUT2D eigenvalue weighted by Crippen LogP contribution is 2.20. The highest BCUT2D eigenvalue weighted by molar-refractivity contribution is 5.35. The topological polar surface area (TPSA) is 83.6 Å². The molecule has 0 bridgehead atoms. The second-order valence-electron chi connectivity index (χ2n) is 2.88. The molecule has 0 radical (unpaired) electrons. The van der Waals surface area contributed by atoms with Crippen LogP contribution in [0.3, 0.4) is 0 Å². The Labute approximate surface area is 80.8 Å². The third kappa shape index (κ3) is 2.51. The van der Waals surface area contributed by atoms with Crippen molar-refractivity contribution in [3.05, 3.63) is 39.9 Å². The Kier molecular flexibility index (Phi) is 3.55. The van der Waals surface area contributed by atoms with Gasteiger partial charge in [0.15, 0.2) is 0 Å². The zero-order chi connectivity index (χ0) is 10.6. The normalized spacial score (nSPS) is 12.4. The highest BCUT2D eigenvalue weighted by atomic mass is 16.6. The Bertz CT molecular complexity index is 326. The van der Waals surface area contributed by atoms with E-state index in [0.717, 1.165) is 0 Å². The number of aliphatic hydroxyl groups is 2. The standard InChI is InChI=1S/C9H11NO4/c11-5-4-9(12)7-2-1-3-8(6-7)10(13)14/h1-3,6,9,11-12H,4-5H2/t9-/m1/s1. The van der Waals surface area contributed by atoms with Crippen LogP contribution >= 0.6 is 0 Å². The van der Waals surface area contributed by atoms with E-state index in [-0.39, 0.29) is 18.7 Å². The van der Waals surface area contributed by atoms with Gasteiger partial charge in [-0.2, -0.15) is 0 Å². The molecule has 1 aromatic carbocycles. The van der Waals surface area contributed by atoms with E-state index in [9.17, 15) is 15.2 Å². The van der Waals surface area contributed by atoms with Gasteiger partial charge in [-0.1, -0.05) is 12.1 Å². The summed E-state index contributed by atoms with van der Waals surface area (Å²) >= 11 is 0. The molecule has 0 heterocycles. The fourth-order valence-corrected chi connectivity index (χ4v) is 1.13. The fraction of sp³-hybridized carbons (Fsp3) is 0.333. The predicted molar refractivity (Wildman–Crippen MR) is 49.8 cm³/mol. The molecule has 0 aliphatic carbocycles. The van der Waals surface area contributed by atoms with Crippen molar-refractivity contribution in [1.29, 1.82) is 0 Å². The molecule has 0 saturated heterocycles. The molecular weight excluding hydrogens is 186 g/mol. The number of nitrogens with zero attached hydrogens (tertiary/aromatic N) is 1. The van der Waals surface area contributed by atoms with Crippen LogP contribution in [0.2, 0.25) is 0 Å². The second kappa shape index (κ2) is 4.69. The predicted octanol–water partition coefficient (Wildman–Crippen LogP) is 1.01. The van der Waals surface area contributed by atoms with E-state index in [2.05, 4.69) is 0 Å². The summed E-state index contributed by atoms with van der Waals surface area (Å²) in [5.74, 6) is 0. The van der Waals surface area contributed by atoms with Crippen molar-refractivity contribution in [3.63, 3.8) is 0 Å². The number of hydrogen-bond donors (Lipinski definition) is 2. The minimum atomic E-state index is -0.847. The van der Waals surface area contributed by atoms with Gasteiger partial charge in [0, 0.05) is 25.2 Å². The molecule has 0 aromatic heterocycles. The minimum Gasteiger partial charge on any atom is -0.396 e. The molecule has 0 unspecified atom stereocenters. The molecule has 0 saturated carbocycles. The molecule has 1 aromatic rings. The number of non-ortho nitro benzene ring substituents is 1. The van der Waals surface area contributed by atoms with Crippen LogP contribution in [-0.2, 0) is 0 Å². The van der Waals surface area contributed by atoms with Crippen molar-refractivity contribution in [2.75, 3.05) is 6.61 Å². The molecule has 5 nitrogen and oxygen atoms in total. The lowest BCUT2D eigenvalue weighted by Gasteiger charge is -2.08. The summed E-state index contributed by atoms with van der Waals surface area (Å²) in [6.07, 6.45) is -0.666. The monoisotopic (exact) mass is 197 g/mol. The zero-order valence-electron chi connectivity index (χ0n) is 7.46. The minimum absolute atomic E-state index is 0.0560. The lowest BCUT2D eigenvalue weighted by atomic mass is 10.1. The van der Waals surface area contributed by atoms with Crippen molar-refractivity contribution in [3.8, 4) is 0 Å². The van der Waals surface area contributed by atoms with Crippen LogP contribution in [-0.4, -0.2) is 21.7 Å². The van der Waals surface area contributed by atoms with Crippen LogP contribution in [0.4, 0.5) is 5.69 Å². The van der Waals surface area contributed by atoms with Crippen LogP contribution in [0.25, 0.3) is 0 Å². The van der Waals surface area contributed by atoms with Crippen molar-refractivity contribution in [1.82, 2.24) is 0 Å². The first kappa shape index (κ1) is 10.6. The molecule has 0 amide bonds. The van der Waals surface area contributed by atoms with Crippen molar-refractivity contribution in [2.24, 2.45) is 0 Å². The van der Waals surface area contributed by atoms with Gasteiger partial charge in [-0.15, -0.1) is 0 Å². The lowest BCUT2D eigenvalue weighted by molar-refractivity contribution is -0.385. The third-order valence-electron chi connectivity index (χ3n) is 1.87. The van der Waals surface area contributed by atoms with E-state index < -0.39 is 11.0 Å². The molecule has 14 heavy (non-hydrogen) atoms. The zero-order valence-corrected chi connectivity index (χ0v) is 7.46. The Balaban J connectivity index is 2.87. The van der Waals surface area contributed by atoms with Gasteiger partial charge in [0.25, 0.3) is 5.69 Å². The van der Waals surface area contributed by atoms with Crippen LogP contribution < -0.4 is 0 Å². The average Bonchev–Trinajstić information content (AvgIpc) is 2.18. The highest BCUT2D eigenvalue weighted by Gasteiger charge is 2.11. The molecule has 1 atom stereocenters. The molecule has 0 aliphatic heterocycles. The molecule has 0 spiro atoms. The van der Waals surface area contributed by atoms with Gasteiger partial charge in [0.1, 0.15) is 0 Å². The molecule has 0 fully saturated rings. The van der Waals surface area contributed by atoms with Gasteiger partial charge in [0.2, 0.25) is 0 Å². The summed E-state index contributed by atoms with van der Waals surface area (Å²) in [6, 6.07) is 5.76. The SMILES string of the molecule is O=[N+]([O-])c1cccc([C@H](O)CCO)c1. The number of aliphatic hydroxyl groups excluding tert-OH is 2. The maximum absolute atomic E-state index is 10.4. The van der Waals surface area contributed by atoms with E-state index in [1.165, 1.54) is 18.2 Å². The quantitative estimate of drug-likeness (QED) is 0.557. The van der Waals surface area contributed by atoms with Gasteiger partial charge in [-0.25, -0.2) is 0 Å². The first-order valence-electron chi connectivity index (χ1n) is 4.18. The summed E-state index contributed by atoms with van der Waals surface area (Å²) in [5, 5.41) is 28.4. The Hall–Kier alpha value is -1.46. The van der Waals surface area contributed by atoms with Gasteiger partial charge < -0.3 is 10.2 Å². The van der Waals surface area contributed by atoms with Gasteiger partial charge in [-0.3, -0.25) is 10.1 Å². The van der Waals surface area contributed by atoms with E-state index in [4.69, 9.17) is 5.11 Å². The fourth-order valence-electron chi connectivity index (χ4n) is 1.13. The maximum atomic E-state index is 10.4. The van der Waals surface area contributed by atoms with E-state index >= 15 is 0 Å². The first-order valence-corrected chi connectivity index (χ1v) is 4.18. The van der Waals surface area contributed by atoms with Gasteiger partial charge in [0.05, 0.1) is 11.0 Å². The summed E-state index contributed by atoms with van der Waals surface area (Å²) in [5.41, 5.74) is 0.396. The number of nitro groups is 1. The average molecular weight is 197 g/mol. The van der Waals surface area contributed by atoms with Crippen LogP contribution in [0, 0.1) is 10.1 Å². The molecule has 2 N–H and O–H groups in total. The molecule has 5 heteroatoms. The number of benzene rings is 1.